The molecular weight excluding hydrogens is 352 g/mol. The largest absolute Gasteiger partial charge is 0.467 e. The summed E-state index contributed by atoms with van der Waals surface area (Å²) in [7, 11) is 0. The Morgan fingerprint density at radius 3 is 2.54 bits per heavy atom. The van der Waals surface area contributed by atoms with Crippen LogP contribution in [-0.4, -0.2) is 17.1 Å². The van der Waals surface area contributed by atoms with E-state index in [1.54, 1.807) is 36.8 Å². The van der Waals surface area contributed by atoms with E-state index in [9.17, 15) is 14.9 Å². The Morgan fingerprint density at radius 1 is 1.15 bits per heavy atom. The lowest BCUT2D eigenvalue weighted by atomic mass is 10.1. The molecule has 7 heteroatoms. The van der Waals surface area contributed by atoms with Gasteiger partial charge in [0.25, 0.3) is 11.6 Å². The summed E-state index contributed by atoms with van der Waals surface area (Å²) in [6, 6.07) is 17.2. The maximum atomic E-state index is 13.1. The van der Waals surface area contributed by atoms with Crippen LogP contribution in [0.3, 0.4) is 0 Å². The van der Waals surface area contributed by atoms with Crippen LogP contribution in [0.2, 0.25) is 0 Å². The minimum Gasteiger partial charge on any atom is -0.467 e. The third kappa shape index (κ3) is 3.78. The maximum absolute atomic E-state index is 13.1. The average molecular weight is 368 g/mol. The summed E-state index contributed by atoms with van der Waals surface area (Å²) in [5, 5.41) is 11.3. The van der Waals surface area contributed by atoms with Crippen molar-refractivity contribution in [3.05, 3.63) is 88.4 Å². The zero-order valence-electron chi connectivity index (χ0n) is 14.0. The Morgan fingerprint density at radius 2 is 1.92 bits per heavy atom. The van der Waals surface area contributed by atoms with E-state index in [4.69, 9.17) is 4.42 Å². The van der Waals surface area contributed by atoms with E-state index < -0.39 is 4.92 Å². The van der Waals surface area contributed by atoms with Crippen molar-refractivity contribution in [3.8, 4) is 0 Å². The molecule has 0 aliphatic rings. The highest BCUT2D eigenvalue weighted by molar-refractivity contribution is 7.98. The van der Waals surface area contributed by atoms with Crippen molar-refractivity contribution in [2.75, 3.05) is 11.2 Å². The van der Waals surface area contributed by atoms with E-state index in [-0.39, 0.29) is 23.7 Å². The molecule has 0 saturated heterocycles. The molecule has 26 heavy (non-hydrogen) atoms. The number of nitro groups is 1. The van der Waals surface area contributed by atoms with E-state index in [1.807, 2.05) is 30.3 Å². The highest BCUT2D eigenvalue weighted by atomic mass is 32.2. The maximum Gasteiger partial charge on any atom is 0.283 e. The second kappa shape index (κ2) is 7.88. The van der Waals surface area contributed by atoms with Gasteiger partial charge in [0.1, 0.15) is 5.76 Å². The molecule has 0 spiro atoms. The first-order chi connectivity index (χ1) is 12.6. The van der Waals surface area contributed by atoms with E-state index in [2.05, 4.69) is 0 Å². The molecule has 0 saturated carbocycles. The smallest absolute Gasteiger partial charge is 0.283 e. The lowest BCUT2D eigenvalue weighted by Gasteiger charge is -2.22. The first-order valence-corrected chi connectivity index (χ1v) is 9.04. The fourth-order valence-electron chi connectivity index (χ4n) is 2.57. The SMILES string of the molecule is CSc1ccc(C(=O)N(Cc2ccco2)c2ccccc2)cc1[N+](=O)[O-]. The summed E-state index contributed by atoms with van der Waals surface area (Å²) in [5.74, 6) is 0.292. The minimum atomic E-state index is -0.470. The monoisotopic (exact) mass is 368 g/mol. The van der Waals surface area contributed by atoms with E-state index >= 15 is 0 Å². The molecule has 0 unspecified atom stereocenters. The molecule has 0 fully saturated rings. The normalized spacial score (nSPS) is 10.5. The molecule has 1 aromatic heterocycles. The van der Waals surface area contributed by atoms with Crippen LogP contribution in [0.25, 0.3) is 0 Å². The second-order valence-corrected chi connectivity index (χ2v) is 6.30. The standard InChI is InChI=1S/C19H16N2O4S/c1-26-18-10-9-14(12-17(18)21(23)24)19(22)20(13-16-8-5-11-25-16)15-6-3-2-4-7-15/h2-12H,13H2,1H3. The fourth-order valence-corrected chi connectivity index (χ4v) is 3.11. The molecule has 1 amide bonds. The predicted octanol–water partition coefficient (Wildman–Crippen LogP) is 4.76. The van der Waals surface area contributed by atoms with Gasteiger partial charge >= 0.3 is 0 Å². The molecule has 3 rings (SSSR count). The molecule has 0 radical (unpaired) electrons. The first-order valence-electron chi connectivity index (χ1n) is 7.82. The second-order valence-electron chi connectivity index (χ2n) is 5.45. The van der Waals surface area contributed by atoms with Crippen LogP contribution in [-0.2, 0) is 6.54 Å². The summed E-state index contributed by atoms with van der Waals surface area (Å²) < 4.78 is 5.36. The van der Waals surface area contributed by atoms with Crippen molar-refractivity contribution in [2.45, 2.75) is 11.4 Å². The number of hydrogen-bond donors (Lipinski definition) is 0. The van der Waals surface area contributed by atoms with E-state index in [1.165, 1.54) is 22.7 Å². The van der Waals surface area contributed by atoms with Crippen molar-refractivity contribution >= 4 is 29.0 Å². The highest BCUT2D eigenvalue weighted by Crippen LogP contribution is 2.29. The number of thioether (sulfide) groups is 1. The minimum absolute atomic E-state index is 0.0747. The molecule has 1 heterocycles. The molecule has 0 aliphatic heterocycles. The fraction of sp³-hybridized carbons (Fsp3) is 0.105. The van der Waals surface area contributed by atoms with Crippen LogP contribution < -0.4 is 4.90 Å². The van der Waals surface area contributed by atoms with Gasteiger partial charge in [-0.25, -0.2) is 0 Å². The molecule has 0 atom stereocenters. The van der Waals surface area contributed by atoms with Crippen molar-refractivity contribution in [3.63, 3.8) is 0 Å². The highest BCUT2D eigenvalue weighted by Gasteiger charge is 2.23. The number of amides is 1. The number of para-hydroxylation sites is 1. The number of benzene rings is 2. The molecule has 132 valence electrons. The molecule has 0 bridgehead atoms. The Balaban J connectivity index is 2.00. The zero-order chi connectivity index (χ0) is 18.5. The average Bonchev–Trinajstić information content (AvgIpc) is 3.19. The number of rotatable bonds is 6. The van der Waals surface area contributed by atoms with Crippen LogP contribution in [0.5, 0.6) is 0 Å². The first kappa shape index (κ1) is 17.8. The summed E-state index contributed by atoms with van der Waals surface area (Å²) in [5.41, 5.74) is 0.866. The third-order valence-corrected chi connectivity index (χ3v) is 4.61. The number of nitro benzene ring substituents is 1. The third-order valence-electron chi connectivity index (χ3n) is 3.83. The van der Waals surface area contributed by atoms with Crippen molar-refractivity contribution in [2.24, 2.45) is 0 Å². The van der Waals surface area contributed by atoms with Crippen LogP contribution in [0.1, 0.15) is 16.1 Å². The van der Waals surface area contributed by atoms with Crippen LogP contribution >= 0.6 is 11.8 Å². The summed E-state index contributed by atoms with van der Waals surface area (Å²) in [6.45, 7) is 0.230. The van der Waals surface area contributed by atoms with E-state index in [0.717, 1.165) is 0 Å². The van der Waals surface area contributed by atoms with Crippen LogP contribution in [0, 0.1) is 10.1 Å². The number of carbonyl (C=O) groups is 1. The lowest BCUT2D eigenvalue weighted by Crippen LogP contribution is -2.30. The number of furan rings is 1. The molecule has 0 N–H and O–H groups in total. The predicted molar refractivity (Wildman–Crippen MR) is 101 cm³/mol. The molecule has 3 aromatic rings. The number of hydrogen-bond acceptors (Lipinski definition) is 5. The molecule has 0 aliphatic carbocycles. The summed E-state index contributed by atoms with van der Waals surface area (Å²) in [4.78, 5) is 26.0. The lowest BCUT2D eigenvalue weighted by molar-refractivity contribution is -0.387. The zero-order valence-corrected chi connectivity index (χ0v) is 14.8. The van der Waals surface area contributed by atoms with Gasteiger partial charge in [-0.3, -0.25) is 14.9 Å². The van der Waals surface area contributed by atoms with Gasteiger partial charge in [-0.2, -0.15) is 0 Å². The van der Waals surface area contributed by atoms with Gasteiger partial charge in [0.2, 0.25) is 0 Å². The number of anilines is 1. The topological polar surface area (TPSA) is 76.6 Å². The Bertz CT molecular complexity index is 911. The quantitative estimate of drug-likeness (QED) is 0.356. The van der Waals surface area contributed by atoms with Gasteiger partial charge in [-0.1, -0.05) is 18.2 Å². The van der Waals surface area contributed by atoms with Crippen molar-refractivity contribution in [1.29, 1.82) is 0 Å². The van der Waals surface area contributed by atoms with Gasteiger partial charge < -0.3 is 9.32 Å². The molecule has 6 nitrogen and oxygen atoms in total. The Labute approximate surface area is 154 Å². The van der Waals surface area contributed by atoms with Crippen molar-refractivity contribution < 1.29 is 14.1 Å². The molecular formula is C19H16N2O4S. The molecule has 2 aromatic carbocycles. The Hall–Kier alpha value is -3.06. The van der Waals surface area contributed by atoms with Gasteiger partial charge in [0.15, 0.2) is 0 Å². The van der Waals surface area contributed by atoms with Gasteiger partial charge in [-0.15, -0.1) is 11.8 Å². The Kier molecular flexibility index (Phi) is 5.38. The number of carbonyl (C=O) groups excluding carboxylic acids is 1. The summed E-state index contributed by atoms with van der Waals surface area (Å²) >= 11 is 1.27. The van der Waals surface area contributed by atoms with Gasteiger partial charge in [0.05, 0.1) is 22.6 Å². The van der Waals surface area contributed by atoms with Gasteiger partial charge in [-0.05, 0) is 42.7 Å². The van der Waals surface area contributed by atoms with E-state index in [0.29, 0.717) is 16.3 Å². The van der Waals surface area contributed by atoms with Gasteiger partial charge in [0, 0.05) is 17.3 Å². The summed E-state index contributed by atoms with van der Waals surface area (Å²) in [6.07, 6.45) is 3.30. The van der Waals surface area contributed by atoms with Crippen LogP contribution in [0.15, 0.2) is 76.2 Å². The van der Waals surface area contributed by atoms with Crippen molar-refractivity contribution in [1.82, 2.24) is 0 Å². The number of nitrogens with zero attached hydrogens (tertiary/aromatic N) is 2. The van der Waals surface area contributed by atoms with Crippen LogP contribution in [0.4, 0.5) is 11.4 Å².